The van der Waals surface area contributed by atoms with Crippen LogP contribution in [0.25, 0.3) is 28.1 Å². The van der Waals surface area contributed by atoms with Gasteiger partial charge in [-0.15, -0.1) is 0 Å². The molecular weight excluding hydrogens is 503 g/mol. The lowest BCUT2D eigenvalue weighted by molar-refractivity contribution is -0.137. The molecule has 3 heterocycles. The number of benzene rings is 3. The molecule has 0 atom stereocenters. The second kappa shape index (κ2) is 10.1. The molecule has 2 aromatic carbocycles. The summed E-state index contributed by atoms with van der Waals surface area (Å²) in [6, 6.07) is 20.7. The number of ether oxygens (including phenoxy) is 1. The van der Waals surface area contributed by atoms with Crippen molar-refractivity contribution >= 4 is 22.4 Å². The van der Waals surface area contributed by atoms with E-state index in [1.807, 2.05) is 60.0 Å². The molecule has 9 heteroatoms. The van der Waals surface area contributed by atoms with Crippen LogP contribution in [0.3, 0.4) is 0 Å². The van der Waals surface area contributed by atoms with E-state index in [0.29, 0.717) is 24.6 Å². The van der Waals surface area contributed by atoms with Crippen molar-refractivity contribution in [2.75, 3.05) is 18.5 Å². The topological polar surface area (TPSA) is 64.3 Å². The third kappa shape index (κ3) is 5.09. The maximum absolute atomic E-state index is 13.3. The van der Waals surface area contributed by atoms with E-state index in [0.717, 1.165) is 64.1 Å². The monoisotopic (exact) mass is 529 g/mol. The molecule has 3 aliphatic rings. The number of alkyl halides is 3. The number of nitrogens with zero attached hydrogens (tertiary/aromatic N) is 4. The lowest BCUT2D eigenvalue weighted by atomic mass is 10.1. The fourth-order valence-electron chi connectivity index (χ4n) is 4.90. The molecule has 198 valence electrons. The summed E-state index contributed by atoms with van der Waals surface area (Å²) in [5.74, 6) is 0. The van der Waals surface area contributed by atoms with Gasteiger partial charge >= 0.3 is 6.18 Å². The lowest BCUT2D eigenvalue weighted by Gasteiger charge is -2.22. The van der Waals surface area contributed by atoms with E-state index in [9.17, 15) is 13.2 Å². The highest BCUT2D eigenvalue weighted by molar-refractivity contribution is 5.84. The Morgan fingerprint density at radius 1 is 0.949 bits per heavy atom. The quantitative estimate of drug-likeness (QED) is 0.264. The Morgan fingerprint density at radius 2 is 1.72 bits per heavy atom. The van der Waals surface area contributed by atoms with Gasteiger partial charge in [0.1, 0.15) is 0 Å². The largest absolute Gasteiger partial charge is 0.416 e. The van der Waals surface area contributed by atoms with Gasteiger partial charge in [-0.2, -0.15) is 13.2 Å². The highest BCUT2D eigenvalue weighted by Crippen LogP contribution is 2.33. The number of fused-ring (bicyclic) bond motifs is 2. The summed E-state index contributed by atoms with van der Waals surface area (Å²) in [5.41, 5.74) is 5.34. The highest BCUT2D eigenvalue weighted by atomic mass is 19.4. The zero-order valence-electron chi connectivity index (χ0n) is 21.2. The van der Waals surface area contributed by atoms with Crippen molar-refractivity contribution in [3.05, 3.63) is 95.6 Å². The molecule has 6 nitrogen and oxygen atoms in total. The van der Waals surface area contributed by atoms with E-state index >= 15 is 0 Å². The van der Waals surface area contributed by atoms with Crippen LogP contribution in [0.5, 0.6) is 0 Å². The Balaban J connectivity index is 1.60. The molecule has 0 unspecified atom stereocenters. The summed E-state index contributed by atoms with van der Waals surface area (Å²) in [5, 5.41) is 4.24. The Labute approximate surface area is 223 Å². The molecule has 0 amide bonds. The van der Waals surface area contributed by atoms with Gasteiger partial charge in [0.2, 0.25) is 0 Å². The highest BCUT2D eigenvalue weighted by Gasteiger charge is 2.30. The summed E-state index contributed by atoms with van der Waals surface area (Å²) in [6.07, 6.45) is -1.03. The van der Waals surface area contributed by atoms with Crippen LogP contribution in [-0.4, -0.2) is 33.8 Å². The first kappa shape index (κ1) is 25.1. The normalized spacial score (nSPS) is 15.2. The first-order valence-corrected chi connectivity index (χ1v) is 12.8. The van der Waals surface area contributed by atoms with Gasteiger partial charge in [-0.25, -0.2) is 4.98 Å². The van der Waals surface area contributed by atoms with Gasteiger partial charge in [-0.05, 0) is 80.4 Å². The molecule has 0 radical (unpaired) electrons. The molecule has 1 fully saturated rings. The van der Waals surface area contributed by atoms with E-state index in [2.05, 4.69) is 10.3 Å². The molecule has 1 N–H and O–H groups in total. The summed E-state index contributed by atoms with van der Waals surface area (Å²) >= 11 is 0. The van der Waals surface area contributed by atoms with Crippen molar-refractivity contribution in [2.24, 2.45) is 4.99 Å². The third-order valence-corrected chi connectivity index (χ3v) is 6.94. The van der Waals surface area contributed by atoms with Crippen LogP contribution in [0.4, 0.5) is 24.5 Å². The summed E-state index contributed by atoms with van der Waals surface area (Å²) in [6.45, 7) is 3.25. The van der Waals surface area contributed by atoms with Crippen LogP contribution in [0.15, 0.2) is 84.0 Å². The third-order valence-electron chi connectivity index (χ3n) is 6.94. The van der Waals surface area contributed by atoms with Crippen LogP contribution in [0, 0.1) is 6.92 Å². The second-order valence-corrected chi connectivity index (χ2v) is 9.57. The number of nitrogens with one attached hydrogen (secondary N) is 1. The Morgan fingerprint density at radius 3 is 2.46 bits per heavy atom. The zero-order chi connectivity index (χ0) is 27.0. The van der Waals surface area contributed by atoms with Gasteiger partial charge in [0.15, 0.2) is 0 Å². The lowest BCUT2D eigenvalue weighted by Crippen LogP contribution is -2.23. The van der Waals surface area contributed by atoms with Crippen LogP contribution in [0.1, 0.15) is 24.1 Å². The van der Waals surface area contributed by atoms with E-state index in [-0.39, 0.29) is 6.04 Å². The maximum atomic E-state index is 13.3. The smallest absolute Gasteiger partial charge is 0.381 e. The first-order chi connectivity index (χ1) is 18.9. The Kier molecular flexibility index (Phi) is 6.52. The molecule has 1 aliphatic carbocycles. The summed E-state index contributed by atoms with van der Waals surface area (Å²) in [4.78, 5) is 14.4. The van der Waals surface area contributed by atoms with Crippen LogP contribution in [-0.2, 0) is 10.9 Å². The number of aryl methyl sites for hydroxylation is 1. The molecule has 3 aromatic rings. The fourth-order valence-corrected chi connectivity index (χ4v) is 4.90. The minimum Gasteiger partial charge on any atom is -0.381 e. The van der Waals surface area contributed by atoms with Crippen LogP contribution < -0.4 is 10.7 Å². The van der Waals surface area contributed by atoms with Crippen molar-refractivity contribution in [1.29, 1.82) is 0 Å². The molecule has 1 saturated heterocycles. The molecule has 6 rings (SSSR count). The van der Waals surface area contributed by atoms with Gasteiger partial charge < -0.3 is 14.6 Å². The predicted octanol–water partition coefficient (Wildman–Crippen LogP) is 6.68. The van der Waals surface area contributed by atoms with Gasteiger partial charge in [-0.1, -0.05) is 12.1 Å². The van der Waals surface area contributed by atoms with Crippen molar-refractivity contribution in [3.8, 4) is 17.1 Å². The number of rotatable bonds is 4. The number of para-hydroxylation sites is 2. The van der Waals surface area contributed by atoms with E-state index in [1.54, 1.807) is 6.20 Å². The minimum absolute atomic E-state index is 0.0969. The molecule has 0 spiro atoms. The van der Waals surface area contributed by atoms with Crippen LogP contribution >= 0.6 is 0 Å². The Hall–Kier alpha value is -4.24. The number of hydrogen-bond donors (Lipinski definition) is 1. The van der Waals surface area contributed by atoms with Gasteiger partial charge in [0, 0.05) is 25.1 Å². The van der Waals surface area contributed by atoms with Gasteiger partial charge in [-0.3, -0.25) is 9.98 Å². The van der Waals surface area contributed by atoms with Crippen molar-refractivity contribution in [1.82, 2.24) is 14.5 Å². The number of aromatic nitrogens is 3. The molecule has 0 saturated carbocycles. The predicted molar refractivity (Wildman–Crippen MR) is 144 cm³/mol. The van der Waals surface area contributed by atoms with E-state index in [1.165, 1.54) is 12.1 Å². The van der Waals surface area contributed by atoms with Gasteiger partial charge in [0.05, 0.1) is 56.5 Å². The number of halogens is 3. The minimum atomic E-state index is -4.41. The molecule has 1 aromatic heterocycles. The molecular formula is C30H26F3N5O. The zero-order valence-corrected chi connectivity index (χ0v) is 21.2. The average molecular weight is 530 g/mol. The standard InChI is InChI=1S/C30H26F3N5O/c1-19-23(6-4-14-34-19)36-25-17-27-29(18-26(25)35-21-12-15-39-16-13-21)38(28-7-3-2-5-24(28)37-27)22-10-8-20(9-11-22)30(31,32)33/h2-11,14,17-18,21,36H,12-13,15-16H2,1H3. The van der Waals surface area contributed by atoms with Crippen molar-refractivity contribution in [2.45, 2.75) is 32.0 Å². The fraction of sp³-hybridized carbons (Fsp3) is 0.233. The Bertz CT molecular complexity index is 1670. The number of hydrogen-bond acceptors (Lipinski definition) is 5. The number of anilines is 2. The van der Waals surface area contributed by atoms with E-state index < -0.39 is 11.7 Å². The average Bonchev–Trinajstić information content (AvgIpc) is 2.93. The summed E-state index contributed by atoms with van der Waals surface area (Å²) < 4.78 is 47.4. The van der Waals surface area contributed by atoms with E-state index in [4.69, 9.17) is 14.7 Å². The first-order valence-electron chi connectivity index (χ1n) is 12.8. The second-order valence-electron chi connectivity index (χ2n) is 9.57. The van der Waals surface area contributed by atoms with Crippen LogP contribution in [0.2, 0.25) is 0 Å². The molecule has 2 aliphatic heterocycles. The van der Waals surface area contributed by atoms with Crippen molar-refractivity contribution < 1.29 is 17.9 Å². The van der Waals surface area contributed by atoms with Crippen molar-refractivity contribution in [3.63, 3.8) is 0 Å². The molecule has 39 heavy (non-hydrogen) atoms. The molecule has 0 bridgehead atoms. The SMILES string of the molecule is Cc1ncccc1Nc1cc2nc3ccccc3n(-c3ccc(C(F)(F)F)cc3)c-2cc1=NC1CCOCC1. The summed E-state index contributed by atoms with van der Waals surface area (Å²) in [7, 11) is 0. The number of pyridine rings is 1. The maximum Gasteiger partial charge on any atom is 0.416 e. The van der Waals surface area contributed by atoms with Gasteiger partial charge in [0.25, 0.3) is 0 Å².